The van der Waals surface area contributed by atoms with Crippen LogP contribution in [0.15, 0.2) is 60.1 Å². The molecule has 5 heteroatoms. The van der Waals surface area contributed by atoms with E-state index in [-0.39, 0.29) is 36.2 Å². The van der Waals surface area contributed by atoms with Crippen molar-refractivity contribution in [2.75, 3.05) is 0 Å². The first kappa shape index (κ1) is 21.7. The summed E-state index contributed by atoms with van der Waals surface area (Å²) in [6, 6.07) is 9.83. The van der Waals surface area contributed by atoms with Gasteiger partial charge in [0.2, 0.25) is 0 Å². The van der Waals surface area contributed by atoms with Crippen molar-refractivity contribution in [2.24, 2.45) is 11.8 Å². The summed E-state index contributed by atoms with van der Waals surface area (Å²) < 4.78 is 0. The van der Waals surface area contributed by atoms with Gasteiger partial charge in [0, 0.05) is 31.1 Å². The summed E-state index contributed by atoms with van der Waals surface area (Å²) in [6.45, 7) is 0. The minimum atomic E-state index is -0.813. The van der Waals surface area contributed by atoms with E-state index in [1.807, 2.05) is 42.5 Å². The van der Waals surface area contributed by atoms with Crippen molar-refractivity contribution >= 4 is 11.8 Å². The lowest BCUT2D eigenvalue weighted by Gasteiger charge is -2.14. The molecule has 0 bridgehead atoms. The predicted molar refractivity (Wildman–Crippen MR) is 107 cm³/mol. The summed E-state index contributed by atoms with van der Waals surface area (Å²) in [4.78, 5) is 22.7. The van der Waals surface area contributed by atoms with Crippen LogP contribution in [0.25, 0.3) is 0 Å². The first-order chi connectivity index (χ1) is 13.5. The van der Waals surface area contributed by atoms with Gasteiger partial charge in [-0.05, 0) is 37.3 Å². The first-order valence-electron chi connectivity index (χ1n) is 9.73. The van der Waals surface area contributed by atoms with Crippen LogP contribution in [0.3, 0.4) is 0 Å². The summed E-state index contributed by atoms with van der Waals surface area (Å²) >= 11 is 0. The highest BCUT2D eigenvalue weighted by molar-refractivity contribution is 5.84. The molecule has 0 aliphatic heterocycles. The molecule has 1 aliphatic rings. The van der Waals surface area contributed by atoms with Crippen LogP contribution in [0.4, 0.5) is 0 Å². The van der Waals surface area contributed by atoms with Crippen LogP contribution in [-0.2, 0) is 16.0 Å². The lowest BCUT2D eigenvalue weighted by Crippen LogP contribution is -2.17. The molecule has 28 heavy (non-hydrogen) atoms. The normalized spacial score (nSPS) is 21.6. The Morgan fingerprint density at radius 3 is 2.61 bits per heavy atom. The Hall–Kier alpha value is -2.62. The molecule has 1 saturated carbocycles. The van der Waals surface area contributed by atoms with Crippen LogP contribution in [0, 0.1) is 11.8 Å². The molecule has 0 amide bonds. The second-order valence-corrected chi connectivity index (χ2v) is 7.16. The van der Waals surface area contributed by atoms with Gasteiger partial charge in [-0.25, -0.2) is 0 Å². The highest BCUT2D eigenvalue weighted by Gasteiger charge is 2.39. The Labute approximate surface area is 165 Å². The van der Waals surface area contributed by atoms with E-state index in [4.69, 9.17) is 5.11 Å². The van der Waals surface area contributed by atoms with Gasteiger partial charge in [0.05, 0.1) is 6.10 Å². The van der Waals surface area contributed by atoms with E-state index in [0.717, 1.165) is 5.56 Å². The number of ketones is 1. The number of hydrogen-bond donors (Lipinski definition) is 3. The SMILES string of the molecule is O=C(O)CCC/C=C\C[C@@H]1C(=O)C[C@H](O)[C@@H]1C=C=C(O)CCc1ccccc1. The van der Waals surface area contributed by atoms with Crippen LogP contribution in [0.1, 0.15) is 44.1 Å². The van der Waals surface area contributed by atoms with Gasteiger partial charge in [0.1, 0.15) is 11.5 Å². The van der Waals surface area contributed by atoms with E-state index in [2.05, 4.69) is 5.73 Å². The number of carbonyl (C=O) groups excluding carboxylic acids is 1. The number of allylic oxidation sites excluding steroid dienone is 2. The average molecular weight is 384 g/mol. The van der Waals surface area contributed by atoms with Gasteiger partial charge in [0.15, 0.2) is 0 Å². The number of aliphatic carboxylic acids is 1. The van der Waals surface area contributed by atoms with Gasteiger partial charge >= 0.3 is 5.97 Å². The third-order valence-electron chi connectivity index (χ3n) is 4.99. The van der Waals surface area contributed by atoms with Gasteiger partial charge in [0.25, 0.3) is 0 Å². The average Bonchev–Trinajstić information content (AvgIpc) is 2.94. The number of carboxylic acid groups (broad SMARTS) is 1. The van der Waals surface area contributed by atoms with E-state index < -0.39 is 12.1 Å². The Balaban J connectivity index is 1.90. The summed E-state index contributed by atoms with van der Waals surface area (Å²) in [5, 5.41) is 28.9. The maximum atomic E-state index is 12.2. The molecule has 1 aliphatic carbocycles. The number of aliphatic hydroxyl groups excluding tert-OH is 2. The molecule has 5 nitrogen and oxygen atoms in total. The number of aryl methyl sites for hydroxylation is 1. The van der Waals surface area contributed by atoms with Crippen LogP contribution in [0.5, 0.6) is 0 Å². The molecule has 1 aromatic carbocycles. The standard InChI is InChI=1S/C23H28O5/c24-18(13-12-17-8-4-3-5-9-17)14-15-20-19(21(25)16-22(20)26)10-6-1-2-7-11-23(27)28/h1,3-6,8-9,15,19-20,22,24,26H,2,7,10-13,16H2,(H,27,28)/b6-1-/t14?,19-,20+,22-/m0/s1. The summed E-state index contributed by atoms with van der Waals surface area (Å²) in [7, 11) is 0. The molecule has 0 aromatic heterocycles. The number of benzene rings is 1. The van der Waals surface area contributed by atoms with Crippen molar-refractivity contribution in [1.82, 2.24) is 0 Å². The van der Waals surface area contributed by atoms with Crippen LogP contribution in [-0.4, -0.2) is 33.2 Å². The third kappa shape index (κ3) is 7.18. The Bertz CT molecular complexity index is 744. The highest BCUT2D eigenvalue weighted by Crippen LogP contribution is 2.33. The summed E-state index contributed by atoms with van der Waals surface area (Å²) in [6.07, 6.45) is 7.73. The molecule has 0 radical (unpaired) electrons. The number of rotatable bonds is 10. The molecule has 0 saturated heterocycles. The predicted octanol–water partition coefficient (Wildman–Crippen LogP) is 3.98. The van der Waals surface area contributed by atoms with Crippen molar-refractivity contribution in [3.8, 4) is 0 Å². The molecule has 3 N–H and O–H groups in total. The largest absolute Gasteiger partial charge is 0.505 e. The Morgan fingerprint density at radius 1 is 1.14 bits per heavy atom. The van der Waals surface area contributed by atoms with Crippen molar-refractivity contribution in [1.29, 1.82) is 0 Å². The molecule has 1 aromatic rings. The molecule has 150 valence electrons. The van der Waals surface area contributed by atoms with Crippen molar-refractivity contribution in [3.63, 3.8) is 0 Å². The second kappa shape index (κ2) is 11.3. The molecule has 2 rings (SSSR count). The van der Waals surface area contributed by atoms with Gasteiger partial charge < -0.3 is 15.3 Å². The maximum Gasteiger partial charge on any atom is 0.303 e. The topological polar surface area (TPSA) is 94.8 Å². The monoisotopic (exact) mass is 384 g/mol. The summed E-state index contributed by atoms with van der Waals surface area (Å²) in [5.41, 5.74) is 3.97. The molecule has 1 fully saturated rings. The van der Waals surface area contributed by atoms with Gasteiger partial charge in [-0.2, -0.15) is 0 Å². The molecule has 0 spiro atoms. The Kier molecular flexibility index (Phi) is 8.73. The van der Waals surface area contributed by atoms with Crippen molar-refractivity contribution in [3.05, 3.63) is 65.6 Å². The third-order valence-corrected chi connectivity index (χ3v) is 4.99. The lowest BCUT2D eigenvalue weighted by molar-refractivity contribution is -0.137. The molecule has 0 unspecified atom stereocenters. The van der Waals surface area contributed by atoms with Gasteiger partial charge in [-0.15, -0.1) is 0 Å². The van der Waals surface area contributed by atoms with E-state index >= 15 is 0 Å². The number of aliphatic hydroxyl groups is 2. The van der Waals surface area contributed by atoms with E-state index in [0.29, 0.717) is 32.1 Å². The maximum absolute atomic E-state index is 12.2. The van der Waals surface area contributed by atoms with E-state index in [1.54, 1.807) is 6.08 Å². The number of carbonyl (C=O) groups is 2. The fourth-order valence-corrected chi connectivity index (χ4v) is 3.40. The number of hydrogen-bond acceptors (Lipinski definition) is 4. The smallest absolute Gasteiger partial charge is 0.303 e. The molecular formula is C23H28O5. The van der Waals surface area contributed by atoms with Crippen LogP contribution >= 0.6 is 0 Å². The molecular weight excluding hydrogens is 356 g/mol. The Morgan fingerprint density at radius 2 is 1.89 bits per heavy atom. The van der Waals surface area contributed by atoms with E-state index in [9.17, 15) is 19.8 Å². The number of carboxylic acids is 1. The summed E-state index contributed by atoms with van der Waals surface area (Å²) in [5.74, 6) is -1.39. The lowest BCUT2D eigenvalue weighted by atomic mass is 9.91. The minimum Gasteiger partial charge on any atom is -0.505 e. The van der Waals surface area contributed by atoms with Crippen molar-refractivity contribution in [2.45, 2.75) is 51.0 Å². The zero-order valence-electron chi connectivity index (χ0n) is 16.0. The highest BCUT2D eigenvalue weighted by atomic mass is 16.4. The number of Topliss-reactive ketones (excluding diaryl/α,β-unsaturated/α-hetero) is 1. The zero-order chi connectivity index (χ0) is 20.4. The fourth-order valence-electron chi connectivity index (χ4n) is 3.40. The van der Waals surface area contributed by atoms with Gasteiger partial charge in [-0.3, -0.25) is 9.59 Å². The minimum absolute atomic E-state index is 0.00881. The molecule has 3 atom stereocenters. The quantitative estimate of drug-likeness (QED) is 0.245. The fraction of sp³-hybridized carbons (Fsp3) is 0.435. The van der Waals surface area contributed by atoms with Crippen LogP contribution < -0.4 is 0 Å². The van der Waals surface area contributed by atoms with Crippen LogP contribution in [0.2, 0.25) is 0 Å². The zero-order valence-corrected chi connectivity index (χ0v) is 16.0. The molecule has 0 heterocycles. The number of unbranched alkanes of at least 4 members (excludes halogenated alkanes) is 1. The second-order valence-electron chi connectivity index (χ2n) is 7.16. The first-order valence-corrected chi connectivity index (χ1v) is 9.73. The van der Waals surface area contributed by atoms with Gasteiger partial charge in [-0.1, -0.05) is 48.2 Å². The van der Waals surface area contributed by atoms with Crippen molar-refractivity contribution < 1.29 is 24.9 Å². The van der Waals surface area contributed by atoms with E-state index in [1.165, 1.54) is 0 Å².